The Balaban J connectivity index is 2.10. The molecule has 0 amide bonds. The highest BCUT2D eigenvalue weighted by Crippen LogP contribution is 2.14. The minimum atomic E-state index is -0.324. The second kappa shape index (κ2) is 7.19. The second-order valence-corrected chi connectivity index (χ2v) is 3.79. The minimum absolute atomic E-state index is 0.285. The molecular formula is C12H19FNO2+. The minimum Gasteiger partial charge on any atom is -0.490 e. The van der Waals surface area contributed by atoms with E-state index in [1.165, 1.54) is 6.07 Å². The maximum absolute atomic E-state index is 13.1. The van der Waals surface area contributed by atoms with Crippen LogP contribution in [0.5, 0.6) is 5.75 Å². The first-order valence-corrected chi connectivity index (χ1v) is 5.57. The van der Waals surface area contributed by atoms with E-state index in [1.807, 2.05) is 5.32 Å². The summed E-state index contributed by atoms with van der Waals surface area (Å²) in [5.74, 6) is -0.0199. The monoisotopic (exact) mass is 228 g/mol. The smallest absolute Gasteiger partial charge is 0.165 e. The lowest BCUT2D eigenvalue weighted by atomic mass is 10.3. The van der Waals surface area contributed by atoms with Gasteiger partial charge in [-0.1, -0.05) is 12.1 Å². The quantitative estimate of drug-likeness (QED) is 0.669. The number of quaternary nitrogens is 1. The van der Waals surface area contributed by atoms with Crippen LogP contribution in [0.3, 0.4) is 0 Å². The Bertz CT molecular complexity index is 305. The molecular weight excluding hydrogens is 209 g/mol. The third-order valence-electron chi connectivity index (χ3n) is 2.15. The normalized spacial score (nSPS) is 12.4. The van der Waals surface area contributed by atoms with Gasteiger partial charge in [0.2, 0.25) is 0 Å². The SMILES string of the molecule is C[C@H](O)C[NH2+]CCCOc1ccccc1F. The van der Waals surface area contributed by atoms with Gasteiger partial charge in [0.05, 0.1) is 19.3 Å². The standard InChI is InChI=1S/C12H18FNO2/c1-10(15)9-14-7-4-8-16-12-6-3-2-5-11(12)13/h2-3,5-6,10,14-15H,4,7-9H2,1H3/p+1/t10-/m0/s1. The summed E-state index contributed by atoms with van der Waals surface area (Å²) in [6.07, 6.45) is 0.550. The molecule has 0 saturated carbocycles. The molecule has 1 rings (SSSR count). The highest BCUT2D eigenvalue weighted by Gasteiger charge is 2.01. The average molecular weight is 228 g/mol. The van der Waals surface area contributed by atoms with E-state index < -0.39 is 0 Å². The Morgan fingerprint density at radius 2 is 2.19 bits per heavy atom. The van der Waals surface area contributed by atoms with Gasteiger partial charge in [-0.3, -0.25) is 0 Å². The lowest BCUT2D eigenvalue weighted by Crippen LogP contribution is -2.86. The Morgan fingerprint density at radius 3 is 2.88 bits per heavy atom. The van der Waals surface area contributed by atoms with Crippen LogP contribution in [0.25, 0.3) is 0 Å². The van der Waals surface area contributed by atoms with Gasteiger partial charge in [-0.2, -0.15) is 0 Å². The van der Waals surface area contributed by atoms with Crippen molar-refractivity contribution in [2.24, 2.45) is 0 Å². The predicted octanol–water partition coefficient (Wildman–Crippen LogP) is 0.539. The summed E-state index contributed by atoms with van der Waals surface area (Å²) in [5.41, 5.74) is 0. The van der Waals surface area contributed by atoms with Crippen molar-refractivity contribution in [2.75, 3.05) is 19.7 Å². The van der Waals surface area contributed by atoms with Crippen LogP contribution in [0, 0.1) is 5.82 Å². The van der Waals surface area contributed by atoms with Gasteiger partial charge in [0.25, 0.3) is 0 Å². The Morgan fingerprint density at radius 1 is 1.44 bits per heavy atom. The Labute approximate surface area is 95.2 Å². The molecule has 0 aliphatic heterocycles. The largest absolute Gasteiger partial charge is 0.490 e. The molecule has 90 valence electrons. The van der Waals surface area contributed by atoms with E-state index in [0.717, 1.165) is 13.0 Å². The molecule has 3 N–H and O–H groups in total. The number of ether oxygens (including phenoxy) is 1. The van der Waals surface area contributed by atoms with Gasteiger partial charge in [-0.25, -0.2) is 4.39 Å². The van der Waals surface area contributed by atoms with Crippen LogP contribution in [0.15, 0.2) is 24.3 Å². The summed E-state index contributed by atoms with van der Waals surface area (Å²) in [4.78, 5) is 0. The Kier molecular flexibility index (Phi) is 5.82. The summed E-state index contributed by atoms with van der Waals surface area (Å²) in [7, 11) is 0. The molecule has 16 heavy (non-hydrogen) atoms. The van der Waals surface area contributed by atoms with E-state index in [1.54, 1.807) is 25.1 Å². The van der Waals surface area contributed by atoms with Gasteiger partial charge in [0.15, 0.2) is 11.6 Å². The molecule has 0 aliphatic rings. The molecule has 0 heterocycles. The molecule has 0 aromatic heterocycles. The average Bonchev–Trinajstić information content (AvgIpc) is 2.25. The van der Waals surface area contributed by atoms with Crippen LogP contribution in [-0.4, -0.2) is 30.9 Å². The fraction of sp³-hybridized carbons (Fsp3) is 0.500. The number of hydrogen-bond donors (Lipinski definition) is 2. The third-order valence-corrected chi connectivity index (χ3v) is 2.15. The fourth-order valence-electron chi connectivity index (χ4n) is 1.33. The van der Waals surface area contributed by atoms with Crippen molar-refractivity contribution in [2.45, 2.75) is 19.4 Å². The molecule has 0 spiro atoms. The molecule has 3 nitrogen and oxygen atoms in total. The van der Waals surface area contributed by atoms with Gasteiger partial charge < -0.3 is 15.2 Å². The van der Waals surface area contributed by atoms with Crippen molar-refractivity contribution < 1.29 is 19.6 Å². The molecule has 0 unspecified atom stereocenters. The molecule has 0 radical (unpaired) electrons. The van der Waals surface area contributed by atoms with Crippen molar-refractivity contribution in [1.29, 1.82) is 0 Å². The van der Waals surface area contributed by atoms with Crippen molar-refractivity contribution in [3.8, 4) is 5.75 Å². The summed E-state index contributed by atoms with van der Waals surface area (Å²) >= 11 is 0. The van der Waals surface area contributed by atoms with Crippen LogP contribution in [-0.2, 0) is 0 Å². The van der Waals surface area contributed by atoms with Crippen molar-refractivity contribution >= 4 is 0 Å². The van der Waals surface area contributed by atoms with Crippen molar-refractivity contribution in [3.63, 3.8) is 0 Å². The first kappa shape index (κ1) is 12.9. The van der Waals surface area contributed by atoms with E-state index in [4.69, 9.17) is 9.84 Å². The molecule has 0 saturated heterocycles. The summed E-state index contributed by atoms with van der Waals surface area (Å²) in [6, 6.07) is 6.39. The number of nitrogens with two attached hydrogens (primary N) is 1. The van der Waals surface area contributed by atoms with Gasteiger partial charge in [-0.15, -0.1) is 0 Å². The summed E-state index contributed by atoms with van der Waals surface area (Å²) in [6.45, 7) is 3.82. The van der Waals surface area contributed by atoms with E-state index in [9.17, 15) is 4.39 Å². The summed E-state index contributed by atoms with van der Waals surface area (Å²) < 4.78 is 18.4. The first-order valence-electron chi connectivity index (χ1n) is 5.57. The first-order chi connectivity index (χ1) is 7.70. The third kappa shape index (κ3) is 5.09. The molecule has 1 aromatic carbocycles. The van der Waals surface area contributed by atoms with Crippen molar-refractivity contribution in [1.82, 2.24) is 0 Å². The van der Waals surface area contributed by atoms with Crippen LogP contribution < -0.4 is 10.1 Å². The number of aliphatic hydroxyl groups is 1. The lowest BCUT2D eigenvalue weighted by Gasteiger charge is -2.07. The molecule has 1 aromatic rings. The number of hydrogen-bond acceptors (Lipinski definition) is 2. The zero-order valence-electron chi connectivity index (χ0n) is 9.53. The maximum Gasteiger partial charge on any atom is 0.165 e. The zero-order chi connectivity index (χ0) is 11.8. The van der Waals surface area contributed by atoms with Crippen molar-refractivity contribution in [3.05, 3.63) is 30.1 Å². The molecule has 4 heteroatoms. The van der Waals surface area contributed by atoms with E-state index in [-0.39, 0.29) is 11.9 Å². The number of para-hydroxylation sites is 1. The van der Waals surface area contributed by atoms with Gasteiger partial charge in [-0.05, 0) is 19.1 Å². The molecule has 0 aliphatic carbocycles. The Hall–Kier alpha value is -1.13. The fourth-order valence-corrected chi connectivity index (χ4v) is 1.33. The number of halogens is 1. The zero-order valence-corrected chi connectivity index (χ0v) is 9.53. The maximum atomic E-state index is 13.1. The van der Waals surface area contributed by atoms with Crippen LogP contribution in [0.1, 0.15) is 13.3 Å². The number of aliphatic hydroxyl groups excluding tert-OH is 1. The molecule has 0 bridgehead atoms. The van der Waals surface area contributed by atoms with E-state index >= 15 is 0 Å². The highest BCUT2D eigenvalue weighted by atomic mass is 19.1. The lowest BCUT2D eigenvalue weighted by molar-refractivity contribution is -0.660. The van der Waals surface area contributed by atoms with Gasteiger partial charge in [0, 0.05) is 6.42 Å². The highest BCUT2D eigenvalue weighted by molar-refractivity contribution is 5.23. The van der Waals surface area contributed by atoms with Gasteiger partial charge in [0.1, 0.15) is 6.54 Å². The van der Waals surface area contributed by atoms with Crippen LogP contribution in [0.2, 0.25) is 0 Å². The van der Waals surface area contributed by atoms with Crippen LogP contribution in [0.4, 0.5) is 4.39 Å². The van der Waals surface area contributed by atoms with Crippen LogP contribution >= 0.6 is 0 Å². The molecule has 0 fully saturated rings. The number of benzene rings is 1. The van der Waals surface area contributed by atoms with E-state index in [2.05, 4.69) is 0 Å². The second-order valence-electron chi connectivity index (χ2n) is 3.79. The van der Waals surface area contributed by atoms with E-state index in [0.29, 0.717) is 18.9 Å². The number of rotatable bonds is 7. The molecule has 1 atom stereocenters. The topological polar surface area (TPSA) is 46.1 Å². The predicted molar refractivity (Wildman–Crippen MR) is 59.9 cm³/mol. The summed E-state index contributed by atoms with van der Waals surface area (Å²) in [5, 5.41) is 11.0. The van der Waals surface area contributed by atoms with Gasteiger partial charge >= 0.3 is 0 Å².